The lowest BCUT2D eigenvalue weighted by Crippen LogP contribution is -2.18. The summed E-state index contributed by atoms with van der Waals surface area (Å²) in [6.45, 7) is 1.65. The molecule has 0 unspecified atom stereocenters. The SMILES string of the molecule is Cc1nc(O)cc(=O)n1C. The van der Waals surface area contributed by atoms with E-state index in [0.717, 1.165) is 6.07 Å². The Morgan fingerprint density at radius 1 is 1.70 bits per heavy atom. The van der Waals surface area contributed by atoms with E-state index in [-0.39, 0.29) is 11.4 Å². The van der Waals surface area contributed by atoms with Crippen LogP contribution in [0.3, 0.4) is 0 Å². The molecule has 0 spiro atoms. The molecule has 0 radical (unpaired) electrons. The summed E-state index contributed by atoms with van der Waals surface area (Å²) in [4.78, 5) is 14.5. The lowest BCUT2D eigenvalue weighted by atomic mass is 10.5. The molecule has 1 heterocycles. The molecule has 0 fully saturated rings. The summed E-state index contributed by atoms with van der Waals surface area (Å²) in [7, 11) is 1.60. The number of aryl methyl sites for hydroxylation is 1. The quantitative estimate of drug-likeness (QED) is 0.542. The Balaban J connectivity index is 3.46. The molecule has 0 amide bonds. The van der Waals surface area contributed by atoms with Gasteiger partial charge in [0.15, 0.2) is 0 Å². The van der Waals surface area contributed by atoms with Crippen LogP contribution in [0.15, 0.2) is 10.9 Å². The standard InChI is InChI=1S/C6H8N2O2/c1-4-7-5(9)3-6(10)8(4)2/h3,9H,1-2H3. The summed E-state index contributed by atoms with van der Waals surface area (Å²) in [5, 5.41) is 8.79. The molecule has 0 saturated heterocycles. The third kappa shape index (κ3) is 1.00. The van der Waals surface area contributed by atoms with Gasteiger partial charge in [0, 0.05) is 7.05 Å². The number of rotatable bonds is 0. The number of nitrogens with zero attached hydrogens (tertiary/aromatic N) is 2. The van der Waals surface area contributed by atoms with Gasteiger partial charge in [-0.25, -0.2) is 4.98 Å². The van der Waals surface area contributed by atoms with Crippen molar-refractivity contribution in [3.8, 4) is 5.88 Å². The zero-order valence-corrected chi connectivity index (χ0v) is 5.83. The molecule has 0 aromatic carbocycles. The molecular weight excluding hydrogens is 132 g/mol. The lowest BCUT2D eigenvalue weighted by Gasteiger charge is -1.99. The average Bonchev–Trinajstić information content (AvgIpc) is 1.82. The van der Waals surface area contributed by atoms with E-state index in [1.165, 1.54) is 4.57 Å². The highest BCUT2D eigenvalue weighted by molar-refractivity contribution is 5.06. The summed E-state index contributed by atoms with van der Waals surface area (Å²) in [5.41, 5.74) is -0.245. The molecule has 0 aliphatic heterocycles. The van der Waals surface area contributed by atoms with Crippen LogP contribution in [0.2, 0.25) is 0 Å². The zero-order chi connectivity index (χ0) is 7.72. The summed E-state index contributed by atoms with van der Waals surface area (Å²) >= 11 is 0. The predicted octanol–water partition coefficient (Wildman–Crippen LogP) is -0.206. The molecule has 0 aliphatic rings. The van der Waals surface area contributed by atoms with E-state index in [1.54, 1.807) is 14.0 Å². The van der Waals surface area contributed by atoms with E-state index >= 15 is 0 Å². The highest BCUT2D eigenvalue weighted by atomic mass is 16.3. The van der Waals surface area contributed by atoms with E-state index in [2.05, 4.69) is 4.98 Å². The van der Waals surface area contributed by atoms with Crippen LogP contribution >= 0.6 is 0 Å². The molecule has 0 aliphatic carbocycles. The fourth-order valence-corrected chi connectivity index (χ4v) is 0.640. The summed E-state index contributed by atoms with van der Waals surface area (Å²) in [5.74, 6) is 0.283. The van der Waals surface area contributed by atoms with E-state index in [0.29, 0.717) is 5.82 Å². The predicted molar refractivity (Wildman–Crippen MR) is 35.9 cm³/mol. The Kier molecular flexibility index (Phi) is 1.45. The number of hydrogen-bond donors (Lipinski definition) is 1. The molecule has 1 aromatic rings. The van der Waals surface area contributed by atoms with Crippen LogP contribution in [0.25, 0.3) is 0 Å². The first-order valence-electron chi connectivity index (χ1n) is 2.85. The Morgan fingerprint density at radius 3 is 2.80 bits per heavy atom. The third-order valence-electron chi connectivity index (χ3n) is 1.34. The van der Waals surface area contributed by atoms with Crippen LogP contribution in [0, 0.1) is 6.92 Å². The maximum Gasteiger partial charge on any atom is 0.257 e. The second kappa shape index (κ2) is 2.13. The summed E-state index contributed by atoms with van der Waals surface area (Å²) in [6, 6.07) is 1.08. The highest BCUT2D eigenvalue weighted by Crippen LogP contribution is 1.97. The van der Waals surface area contributed by atoms with Gasteiger partial charge >= 0.3 is 0 Å². The Hall–Kier alpha value is -1.32. The molecular formula is C6H8N2O2. The second-order valence-electron chi connectivity index (χ2n) is 2.06. The Bertz CT molecular complexity index is 303. The molecule has 4 heteroatoms. The van der Waals surface area contributed by atoms with Crippen molar-refractivity contribution < 1.29 is 5.11 Å². The smallest absolute Gasteiger partial charge is 0.257 e. The van der Waals surface area contributed by atoms with Gasteiger partial charge in [-0.15, -0.1) is 0 Å². The van der Waals surface area contributed by atoms with Crippen molar-refractivity contribution in [3.05, 3.63) is 22.2 Å². The molecule has 4 nitrogen and oxygen atoms in total. The minimum Gasteiger partial charge on any atom is -0.493 e. The molecule has 0 atom stereocenters. The third-order valence-corrected chi connectivity index (χ3v) is 1.34. The Morgan fingerprint density at radius 2 is 2.30 bits per heavy atom. The van der Waals surface area contributed by atoms with E-state index < -0.39 is 0 Å². The molecule has 1 rings (SSSR count). The van der Waals surface area contributed by atoms with Gasteiger partial charge in [0.1, 0.15) is 5.82 Å². The lowest BCUT2D eigenvalue weighted by molar-refractivity contribution is 0.445. The van der Waals surface area contributed by atoms with Crippen molar-refractivity contribution in [1.82, 2.24) is 9.55 Å². The highest BCUT2D eigenvalue weighted by Gasteiger charge is 1.97. The molecule has 10 heavy (non-hydrogen) atoms. The van der Waals surface area contributed by atoms with Gasteiger partial charge in [0.25, 0.3) is 5.56 Å². The minimum atomic E-state index is -0.245. The van der Waals surface area contributed by atoms with Crippen molar-refractivity contribution in [2.75, 3.05) is 0 Å². The average molecular weight is 140 g/mol. The zero-order valence-electron chi connectivity index (χ0n) is 5.83. The van der Waals surface area contributed by atoms with Gasteiger partial charge in [-0.05, 0) is 6.92 Å². The monoisotopic (exact) mass is 140 g/mol. The van der Waals surface area contributed by atoms with Gasteiger partial charge in [-0.3, -0.25) is 9.36 Å². The van der Waals surface area contributed by atoms with Crippen molar-refractivity contribution in [1.29, 1.82) is 0 Å². The van der Waals surface area contributed by atoms with Crippen LogP contribution in [-0.4, -0.2) is 14.7 Å². The first kappa shape index (κ1) is 6.80. The van der Waals surface area contributed by atoms with Crippen molar-refractivity contribution in [3.63, 3.8) is 0 Å². The van der Waals surface area contributed by atoms with Gasteiger partial charge in [0.2, 0.25) is 5.88 Å². The molecule has 0 bridgehead atoms. The first-order valence-corrected chi connectivity index (χ1v) is 2.85. The first-order chi connectivity index (χ1) is 4.61. The maximum absolute atomic E-state index is 10.8. The van der Waals surface area contributed by atoms with Crippen molar-refractivity contribution in [2.24, 2.45) is 7.05 Å². The number of hydrogen-bond acceptors (Lipinski definition) is 3. The molecule has 1 N–H and O–H groups in total. The van der Waals surface area contributed by atoms with Crippen LogP contribution in [0.1, 0.15) is 5.82 Å². The van der Waals surface area contributed by atoms with Crippen LogP contribution in [0.5, 0.6) is 5.88 Å². The molecule has 0 saturated carbocycles. The summed E-state index contributed by atoms with van der Waals surface area (Å²) in [6.07, 6.45) is 0. The van der Waals surface area contributed by atoms with Crippen LogP contribution < -0.4 is 5.56 Å². The van der Waals surface area contributed by atoms with Crippen molar-refractivity contribution in [2.45, 2.75) is 6.92 Å². The largest absolute Gasteiger partial charge is 0.493 e. The van der Waals surface area contributed by atoms with E-state index in [4.69, 9.17) is 5.11 Å². The minimum absolute atomic E-state index is 0.222. The summed E-state index contributed by atoms with van der Waals surface area (Å²) < 4.78 is 1.36. The van der Waals surface area contributed by atoms with Crippen LogP contribution in [0.4, 0.5) is 0 Å². The van der Waals surface area contributed by atoms with Gasteiger partial charge < -0.3 is 5.11 Å². The topological polar surface area (TPSA) is 55.1 Å². The molecule has 1 aromatic heterocycles. The number of aromatic hydroxyl groups is 1. The Labute approximate surface area is 57.8 Å². The maximum atomic E-state index is 10.8. The van der Waals surface area contributed by atoms with Gasteiger partial charge in [0.05, 0.1) is 6.07 Å². The fraction of sp³-hybridized carbons (Fsp3) is 0.333. The fourth-order valence-electron chi connectivity index (χ4n) is 0.640. The van der Waals surface area contributed by atoms with Crippen LogP contribution in [-0.2, 0) is 7.05 Å². The van der Waals surface area contributed by atoms with E-state index in [9.17, 15) is 4.79 Å². The molecule has 54 valence electrons. The van der Waals surface area contributed by atoms with Crippen molar-refractivity contribution >= 4 is 0 Å². The normalized spacial score (nSPS) is 9.80. The second-order valence-corrected chi connectivity index (χ2v) is 2.06. The van der Waals surface area contributed by atoms with Gasteiger partial charge in [-0.2, -0.15) is 0 Å². The number of aromatic nitrogens is 2. The van der Waals surface area contributed by atoms with Gasteiger partial charge in [-0.1, -0.05) is 0 Å². The van der Waals surface area contributed by atoms with E-state index in [1.807, 2.05) is 0 Å².